The van der Waals surface area contributed by atoms with Crippen LogP contribution in [0.5, 0.6) is 0 Å². The predicted octanol–water partition coefficient (Wildman–Crippen LogP) is 5.41. The van der Waals surface area contributed by atoms with E-state index < -0.39 is 11.2 Å². The molecule has 1 heterocycles. The second-order valence-corrected chi connectivity index (χ2v) is 9.59. The van der Waals surface area contributed by atoms with Crippen molar-refractivity contribution >= 4 is 45.9 Å². The van der Waals surface area contributed by atoms with Crippen LogP contribution in [0.1, 0.15) is 43.3 Å². The lowest BCUT2D eigenvalue weighted by Crippen LogP contribution is -2.21. The predicted molar refractivity (Wildman–Crippen MR) is 133 cm³/mol. The number of carbonyl (C=O) groups excluding carboxylic acids is 3. The molecular formula is C25H26N2O4S2. The van der Waals surface area contributed by atoms with E-state index in [2.05, 4.69) is 5.32 Å². The maximum atomic E-state index is 13.5. The van der Waals surface area contributed by atoms with Crippen molar-refractivity contribution < 1.29 is 19.1 Å². The van der Waals surface area contributed by atoms with E-state index in [0.717, 1.165) is 21.8 Å². The number of carbonyl (C=O) groups is 3. The molecule has 1 N–H and O–H groups in total. The Labute approximate surface area is 202 Å². The summed E-state index contributed by atoms with van der Waals surface area (Å²) in [6.45, 7) is 3.60. The van der Waals surface area contributed by atoms with Crippen LogP contribution in [0.25, 0.3) is 0 Å². The highest BCUT2D eigenvalue weighted by Crippen LogP contribution is 2.39. The summed E-state index contributed by atoms with van der Waals surface area (Å²) in [5, 5.41) is 2.67. The van der Waals surface area contributed by atoms with Crippen LogP contribution in [0.2, 0.25) is 0 Å². The van der Waals surface area contributed by atoms with Gasteiger partial charge >= 0.3 is 5.97 Å². The number of benzene rings is 2. The molecule has 0 aliphatic rings. The molecular weight excluding hydrogens is 456 g/mol. The number of hydrogen-bond acceptors (Lipinski definition) is 6. The largest absolute Gasteiger partial charge is 0.462 e. The molecule has 0 spiro atoms. The molecule has 8 heteroatoms. The number of amides is 2. The van der Waals surface area contributed by atoms with E-state index in [0.29, 0.717) is 15.4 Å². The summed E-state index contributed by atoms with van der Waals surface area (Å²) in [4.78, 5) is 41.6. The SMILES string of the molecule is CCOC(=O)c1c(NC(=O)[C@@H](Sc2ccccc2)c2ccccc2)sc(C(=O)N(C)C)c1C. The van der Waals surface area contributed by atoms with Gasteiger partial charge in [0.1, 0.15) is 10.3 Å². The average molecular weight is 483 g/mol. The summed E-state index contributed by atoms with van der Waals surface area (Å²) in [6, 6.07) is 19.1. The molecule has 0 radical (unpaired) electrons. The molecule has 33 heavy (non-hydrogen) atoms. The van der Waals surface area contributed by atoms with Crippen molar-refractivity contribution in [3.05, 3.63) is 82.2 Å². The number of nitrogens with one attached hydrogen (secondary N) is 1. The van der Waals surface area contributed by atoms with Crippen LogP contribution >= 0.6 is 23.1 Å². The van der Waals surface area contributed by atoms with E-state index in [1.807, 2.05) is 60.7 Å². The van der Waals surface area contributed by atoms with E-state index in [1.54, 1.807) is 27.9 Å². The maximum Gasteiger partial charge on any atom is 0.341 e. The fraction of sp³-hybridized carbons (Fsp3) is 0.240. The van der Waals surface area contributed by atoms with Crippen molar-refractivity contribution in [3.8, 4) is 0 Å². The van der Waals surface area contributed by atoms with Crippen LogP contribution < -0.4 is 5.32 Å². The van der Waals surface area contributed by atoms with Crippen molar-refractivity contribution in [2.75, 3.05) is 26.0 Å². The second kappa shape index (κ2) is 11.2. The van der Waals surface area contributed by atoms with E-state index in [9.17, 15) is 14.4 Å². The highest BCUT2D eigenvalue weighted by Gasteiger charge is 2.30. The van der Waals surface area contributed by atoms with Gasteiger partial charge in [0, 0.05) is 19.0 Å². The van der Waals surface area contributed by atoms with Crippen LogP contribution in [0.4, 0.5) is 5.00 Å². The van der Waals surface area contributed by atoms with Gasteiger partial charge in [-0.2, -0.15) is 0 Å². The third-order valence-electron chi connectivity index (χ3n) is 4.80. The Bertz CT molecular complexity index is 1130. The standard InChI is InChI=1S/C25H26N2O4S2/c1-5-31-25(30)19-16(2)20(24(29)27(3)4)33-23(19)26-22(28)21(17-12-8-6-9-13-17)32-18-14-10-7-11-15-18/h6-15,21H,5H2,1-4H3,(H,26,28)/t21-/m0/s1. The monoisotopic (exact) mass is 482 g/mol. The molecule has 3 aromatic rings. The van der Waals surface area contributed by atoms with Crippen molar-refractivity contribution in [2.45, 2.75) is 24.0 Å². The van der Waals surface area contributed by atoms with Crippen molar-refractivity contribution in [3.63, 3.8) is 0 Å². The first-order valence-corrected chi connectivity index (χ1v) is 12.1. The molecule has 0 aliphatic carbocycles. The molecule has 6 nitrogen and oxygen atoms in total. The van der Waals surface area contributed by atoms with E-state index in [-0.39, 0.29) is 24.0 Å². The molecule has 0 unspecified atom stereocenters. The van der Waals surface area contributed by atoms with Crippen LogP contribution in [-0.4, -0.2) is 43.4 Å². The smallest absolute Gasteiger partial charge is 0.341 e. The molecule has 2 aromatic carbocycles. The Morgan fingerprint density at radius 3 is 2.21 bits per heavy atom. The molecule has 0 bridgehead atoms. The molecule has 1 atom stereocenters. The molecule has 2 amide bonds. The minimum absolute atomic E-state index is 0.189. The Hall–Kier alpha value is -3.10. The van der Waals surface area contributed by atoms with Crippen molar-refractivity contribution in [1.82, 2.24) is 4.90 Å². The molecule has 0 saturated carbocycles. The van der Waals surface area contributed by atoms with Gasteiger partial charge in [-0.25, -0.2) is 4.79 Å². The molecule has 0 saturated heterocycles. The Morgan fingerprint density at radius 1 is 1.03 bits per heavy atom. The molecule has 3 rings (SSSR count). The molecule has 0 aliphatic heterocycles. The number of thioether (sulfide) groups is 1. The normalized spacial score (nSPS) is 11.5. The topological polar surface area (TPSA) is 75.7 Å². The van der Waals surface area contributed by atoms with Gasteiger partial charge in [0.2, 0.25) is 5.91 Å². The van der Waals surface area contributed by atoms with Gasteiger partial charge in [-0.15, -0.1) is 23.1 Å². The highest BCUT2D eigenvalue weighted by atomic mass is 32.2. The zero-order valence-electron chi connectivity index (χ0n) is 19.0. The lowest BCUT2D eigenvalue weighted by molar-refractivity contribution is -0.115. The summed E-state index contributed by atoms with van der Waals surface area (Å²) in [7, 11) is 3.29. The summed E-state index contributed by atoms with van der Waals surface area (Å²) >= 11 is 2.51. The third kappa shape index (κ3) is 5.83. The summed E-state index contributed by atoms with van der Waals surface area (Å²) in [5.74, 6) is -1.08. The van der Waals surface area contributed by atoms with Gasteiger partial charge in [-0.1, -0.05) is 48.5 Å². The van der Waals surface area contributed by atoms with Crippen molar-refractivity contribution in [1.29, 1.82) is 0 Å². The third-order valence-corrected chi connectivity index (χ3v) is 7.26. The zero-order valence-corrected chi connectivity index (χ0v) is 20.6. The molecule has 1 aromatic heterocycles. The van der Waals surface area contributed by atoms with Crippen LogP contribution in [0.3, 0.4) is 0 Å². The van der Waals surface area contributed by atoms with Crippen LogP contribution in [-0.2, 0) is 9.53 Å². The number of nitrogens with zero attached hydrogens (tertiary/aromatic N) is 1. The Morgan fingerprint density at radius 2 is 1.64 bits per heavy atom. The van der Waals surface area contributed by atoms with Gasteiger partial charge in [-0.3, -0.25) is 9.59 Å². The summed E-state index contributed by atoms with van der Waals surface area (Å²) in [5.41, 5.74) is 1.55. The van der Waals surface area contributed by atoms with E-state index >= 15 is 0 Å². The van der Waals surface area contributed by atoms with Gasteiger partial charge in [0.05, 0.1) is 17.0 Å². The average Bonchev–Trinajstić information content (AvgIpc) is 3.13. The number of thiophene rings is 1. The minimum atomic E-state index is -0.564. The van der Waals surface area contributed by atoms with Gasteiger partial charge in [0.25, 0.3) is 5.91 Å². The Balaban J connectivity index is 1.99. The number of esters is 1. The molecule has 0 fully saturated rings. The first-order chi connectivity index (χ1) is 15.8. The molecule has 172 valence electrons. The highest BCUT2D eigenvalue weighted by molar-refractivity contribution is 8.00. The van der Waals surface area contributed by atoms with E-state index in [4.69, 9.17) is 4.74 Å². The quantitative estimate of drug-likeness (QED) is 0.343. The van der Waals surface area contributed by atoms with Gasteiger partial charge < -0.3 is 15.0 Å². The van der Waals surface area contributed by atoms with E-state index in [1.165, 1.54) is 16.7 Å². The van der Waals surface area contributed by atoms with Crippen LogP contribution in [0, 0.1) is 6.92 Å². The lowest BCUT2D eigenvalue weighted by Gasteiger charge is -2.17. The first kappa shape index (κ1) is 24.5. The number of anilines is 1. The fourth-order valence-electron chi connectivity index (χ4n) is 3.17. The minimum Gasteiger partial charge on any atom is -0.462 e. The zero-order chi connectivity index (χ0) is 24.0. The number of rotatable bonds is 8. The maximum absolute atomic E-state index is 13.5. The lowest BCUT2D eigenvalue weighted by atomic mass is 10.1. The fourth-order valence-corrected chi connectivity index (χ4v) is 5.44. The van der Waals surface area contributed by atoms with Gasteiger partial charge in [0.15, 0.2) is 0 Å². The Kier molecular flexibility index (Phi) is 8.30. The summed E-state index contributed by atoms with van der Waals surface area (Å²) < 4.78 is 5.21. The first-order valence-electron chi connectivity index (χ1n) is 10.4. The number of hydrogen-bond donors (Lipinski definition) is 1. The van der Waals surface area contributed by atoms with Crippen LogP contribution in [0.15, 0.2) is 65.6 Å². The number of ether oxygens (including phenoxy) is 1. The second-order valence-electron chi connectivity index (χ2n) is 7.39. The van der Waals surface area contributed by atoms with Gasteiger partial charge in [-0.05, 0) is 37.1 Å². The summed E-state index contributed by atoms with van der Waals surface area (Å²) in [6.07, 6.45) is 0. The van der Waals surface area contributed by atoms with Crippen molar-refractivity contribution in [2.24, 2.45) is 0 Å².